The van der Waals surface area contributed by atoms with Crippen LogP contribution in [0, 0.1) is 5.82 Å². The molecule has 0 spiro atoms. The molecule has 0 saturated carbocycles. The van der Waals surface area contributed by atoms with E-state index in [1.54, 1.807) is 30.3 Å². The number of hydrogen-bond donors (Lipinski definition) is 1. The Morgan fingerprint density at radius 1 is 1.00 bits per heavy atom. The van der Waals surface area contributed by atoms with Crippen molar-refractivity contribution in [2.24, 2.45) is 0 Å². The third-order valence-corrected chi connectivity index (χ3v) is 5.50. The van der Waals surface area contributed by atoms with Gasteiger partial charge in [0.1, 0.15) is 22.9 Å². The highest BCUT2D eigenvalue weighted by Crippen LogP contribution is 2.32. The van der Waals surface area contributed by atoms with Crippen LogP contribution < -0.4 is 10.2 Å². The minimum absolute atomic E-state index is 0.150. The average molecular weight is 496 g/mol. The Hall–Kier alpha value is -2.71. The summed E-state index contributed by atoms with van der Waals surface area (Å²) in [5.74, 6) is -1.38. The minimum atomic E-state index is -0.709. The van der Waals surface area contributed by atoms with Gasteiger partial charge in [-0.3, -0.25) is 19.8 Å². The summed E-state index contributed by atoms with van der Waals surface area (Å²) in [5, 5.41) is 2.95. The van der Waals surface area contributed by atoms with E-state index in [2.05, 4.69) is 5.32 Å². The summed E-state index contributed by atoms with van der Waals surface area (Å²) < 4.78 is 19.2. The zero-order valence-corrected chi connectivity index (χ0v) is 18.4. The van der Waals surface area contributed by atoms with E-state index >= 15 is 0 Å². The van der Waals surface area contributed by atoms with Gasteiger partial charge >= 0.3 is 0 Å². The largest absolute Gasteiger partial charge is 0.457 e. The second-order valence-electron chi connectivity index (χ2n) is 6.38. The fourth-order valence-electron chi connectivity index (χ4n) is 2.92. The summed E-state index contributed by atoms with van der Waals surface area (Å²) >= 11 is 23.0. The third-order valence-electron chi connectivity index (χ3n) is 4.37. The quantitative estimate of drug-likeness (QED) is 0.280. The van der Waals surface area contributed by atoms with Crippen molar-refractivity contribution in [2.45, 2.75) is 0 Å². The first-order valence-electron chi connectivity index (χ1n) is 8.66. The van der Waals surface area contributed by atoms with Crippen LogP contribution >= 0.6 is 47.0 Å². The van der Waals surface area contributed by atoms with Crippen molar-refractivity contribution in [3.05, 3.63) is 80.7 Å². The van der Waals surface area contributed by atoms with E-state index in [0.29, 0.717) is 21.4 Å². The van der Waals surface area contributed by atoms with Gasteiger partial charge in [-0.15, -0.1) is 0 Å². The monoisotopic (exact) mass is 494 g/mol. The van der Waals surface area contributed by atoms with Crippen molar-refractivity contribution in [3.8, 4) is 11.3 Å². The molecule has 0 aliphatic carbocycles. The Labute approximate surface area is 196 Å². The predicted octanol–water partition coefficient (Wildman–Crippen LogP) is 5.88. The highest BCUT2D eigenvalue weighted by Gasteiger charge is 2.35. The summed E-state index contributed by atoms with van der Waals surface area (Å²) in [6.45, 7) is 0. The number of benzene rings is 2. The molecule has 1 aliphatic rings. The van der Waals surface area contributed by atoms with Crippen LogP contribution in [0.1, 0.15) is 5.76 Å². The number of amides is 2. The highest BCUT2D eigenvalue weighted by molar-refractivity contribution is 7.80. The molecular formula is C21H10Cl3FN2O3S. The number of hydrogen-bond acceptors (Lipinski definition) is 4. The Morgan fingerprint density at radius 2 is 1.77 bits per heavy atom. The Balaban J connectivity index is 1.69. The molecule has 4 rings (SSSR count). The van der Waals surface area contributed by atoms with Crippen molar-refractivity contribution in [3.63, 3.8) is 0 Å². The molecule has 0 bridgehead atoms. The molecule has 0 unspecified atom stereocenters. The molecule has 1 aliphatic heterocycles. The Morgan fingerprint density at radius 3 is 2.48 bits per heavy atom. The van der Waals surface area contributed by atoms with Crippen LogP contribution in [0.15, 0.2) is 58.5 Å². The second kappa shape index (κ2) is 8.43. The standard InChI is InChI=1S/C21H10Cl3FN2O3S/c22-10-1-4-13(15(23)7-10)18-6-3-12(30-18)9-14-19(28)26-21(31)27(20(14)29)11-2-5-17(25)16(24)8-11/h1-9H,(H,26,28,31)/b14-9-. The number of carbonyl (C=O) groups excluding carboxylic acids is 2. The second-order valence-corrected chi connectivity index (χ2v) is 8.02. The molecule has 1 N–H and O–H groups in total. The summed E-state index contributed by atoms with van der Waals surface area (Å²) in [5.41, 5.74) is 0.580. The van der Waals surface area contributed by atoms with Crippen LogP contribution in [0.2, 0.25) is 15.1 Å². The molecule has 2 amide bonds. The molecule has 31 heavy (non-hydrogen) atoms. The van der Waals surface area contributed by atoms with Gasteiger partial charge in [0, 0.05) is 10.6 Å². The first-order valence-corrected chi connectivity index (χ1v) is 10.2. The molecule has 0 atom stereocenters. The molecule has 2 aromatic carbocycles. The lowest BCUT2D eigenvalue weighted by Crippen LogP contribution is -2.54. The van der Waals surface area contributed by atoms with Crippen LogP contribution in [0.5, 0.6) is 0 Å². The van der Waals surface area contributed by atoms with Crippen molar-refractivity contribution < 1.29 is 18.4 Å². The number of anilines is 1. The number of rotatable bonds is 3. The SMILES string of the molecule is O=C1NC(=S)N(c2ccc(F)c(Cl)c2)C(=O)/C1=C\c1ccc(-c2ccc(Cl)cc2Cl)o1. The third kappa shape index (κ3) is 4.22. The van der Waals surface area contributed by atoms with Gasteiger partial charge in [0.2, 0.25) is 0 Å². The topological polar surface area (TPSA) is 62.6 Å². The van der Waals surface area contributed by atoms with Gasteiger partial charge in [-0.1, -0.05) is 34.8 Å². The van der Waals surface area contributed by atoms with E-state index in [0.717, 1.165) is 11.0 Å². The first-order chi connectivity index (χ1) is 14.7. The molecule has 2 heterocycles. The summed E-state index contributed by atoms with van der Waals surface area (Å²) in [6, 6.07) is 11.8. The van der Waals surface area contributed by atoms with Gasteiger partial charge in [-0.05, 0) is 66.8 Å². The Kier molecular flexibility index (Phi) is 5.85. The lowest BCUT2D eigenvalue weighted by Gasteiger charge is -2.28. The predicted molar refractivity (Wildman–Crippen MR) is 122 cm³/mol. The highest BCUT2D eigenvalue weighted by atomic mass is 35.5. The van der Waals surface area contributed by atoms with Crippen LogP contribution in [0.25, 0.3) is 17.4 Å². The molecule has 0 radical (unpaired) electrons. The van der Waals surface area contributed by atoms with Crippen LogP contribution in [0.4, 0.5) is 10.1 Å². The van der Waals surface area contributed by atoms with Crippen LogP contribution in [-0.4, -0.2) is 16.9 Å². The number of furan rings is 1. The van der Waals surface area contributed by atoms with Gasteiger partial charge in [-0.2, -0.15) is 0 Å². The average Bonchev–Trinajstić information content (AvgIpc) is 3.16. The smallest absolute Gasteiger partial charge is 0.270 e. The van der Waals surface area contributed by atoms with Gasteiger partial charge in [0.25, 0.3) is 11.8 Å². The fourth-order valence-corrected chi connectivity index (χ4v) is 3.88. The lowest BCUT2D eigenvalue weighted by atomic mass is 10.1. The van der Waals surface area contributed by atoms with Crippen molar-refractivity contribution in [1.29, 1.82) is 0 Å². The van der Waals surface area contributed by atoms with E-state index in [9.17, 15) is 14.0 Å². The van der Waals surface area contributed by atoms with E-state index in [1.807, 2.05) is 0 Å². The van der Waals surface area contributed by atoms with E-state index < -0.39 is 17.6 Å². The maximum Gasteiger partial charge on any atom is 0.270 e. The number of thiocarbonyl (C=S) groups is 1. The van der Waals surface area contributed by atoms with Crippen molar-refractivity contribution in [1.82, 2.24) is 5.32 Å². The number of carbonyl (C=O) groups is 2. The summed E-state index contributed by atoms with van der Waals surface area (Å²) in [6.07, 6.45) is 1.28. The molecule has 1 saturated heterocycles. The van der Waals surface area contributed by atoms with E-state index in [-0.39, 0.29) is 27.2 Å². The maximum absolute atomic E-state index is 13.5. The minimum Gasteiger partial charge on any atom is -0.457 e. The summed E-state index contributed by atoms with van der Waals surface area (Å²) in [4.78, 5) is 26.5. The first kappa shape index (κ1) is 21.5. The summed E-state index contributed by atoms with van der Waals surface area (Å²) in [7, 11) is 0. The molecular weight excluding hydrogens is 486 g/mol. The molecule has 1 fully saturated rings. The molecule has 10 heteroatoms. The van der Waals surface area contributed by atoms with Crippen molar-refractivity contribution >= 4 is 75.7 Å². The van der Waals surface area contributed by atoms with Gasteiger partial charge in [0.05, 0.1) is 15.7 Å². The molecule has 3 aromatic rings. The van der Waals surface area contributed by atoms with Gasteiger partial charge in [-0.25, -0.2) is 4.39 Å². The van der Waals surface area contributed by atoms with E-state index in [1.165, 1.54) is 18.2 Å². The lowest BCUT2D eigenvalue weighted by molar-refractivity contribution is -0.122. The van der Waals surface area contributed by atoms with Gasteiger partial charge < -0.3 is 4.42 Å². The number of nitrogens with one attached hydrogen (secondary N) is 1. The van der Waals surface area contributed by atoms with E-state index in [4.69, 9.17) is 51.4 Å². The van der Waals surface area contributed by atoms with Crippen LogP contribution in [-0.2, 0) is 9.59 Å². The fraction of sp³-hybridized carbons (Fsp3) is 0. The zero-order chi connectivity index (χ0) is 22.3. The van der Waals surface area contributed by atoms with Crippen LogP contribution in [0.3, 0.4) is 0 Å². The molecule has 5 nitrogen and oxygen atoms in total. The normalized spacial score (nSPS) is 15.5. The zero-order valence-electron chi connectivity index (χ0n) is 15.3. The maximum atomic E-state index is 13.5. The van der Waals surface area contributed by atoms with Crippen molar-refractivity contribution in [2.75, 3.05) is 4.90 Å². The van der Waals surface area contributed by atoms with Gasteiger partial charge in [0.15, 0.2) is 5.11 Å². The number of nitrogens with zero attached hydrogens (tertiary/aromatic N) is 1. The number of halogens is 4. The molecule has 1 aromatic heterocycles. The molecule has 156 valence electrons. The Bertz CT molecular complexity index is 1290.